The first-order chi connectivity index (χ1) is 17.6. The van der Waals surface area contributed by atoms with Crippen molar-refractivity contribution in [3.63, 3.8) is 0 Å². The van der Waals surface area contributed by atoms with Gasteiger partial charge in [-0.25, -0.2) is 4.98 Å². The lowest BCUT2D eigenvalue weighted by Gasteiger charge is -2.29. The van der Waals surface area contributed by atoms with Crippen molar-refractivity contribution in [3.05, 3.63) is 120 Å². The first-order valence-corrected chi connectivity index (χ1v) is 12.4. The largest absolute Gasteiger partial charge is 0.495 e. The summed E-state index contributed by atoms with van der Waals surface area (Å²) in [5.41, 5.74) is 12.6. The molecule has 184 valence electrons. The van der Waals surface area contributed by atoms with Gasteiger partial charge in [0.1, 0.15) is 5.75 Å². The summed E-state index contributed by atoms with van der Waals surface area (Å²) in [6.45, 7) is 3.93. The van der Waals surface area contributed by atoms with Crippen LogP contribution >= 0.6 is 0 Å². The Morgan fingerprint density at radius 3 is 2.36 bits per heavy atom. The topological polar surface area (TPSA) is 68.3 Å². The Kier molecular flexibility index (Phi) is 7.05. The number of nitrogens with zero attached hydrogens (tertiary/aromatic N) is 3. The maximum Gasteiger partial charge on any atom is 0.143 e. The van der Waals surface area contributed by atoms with Crippen LogP contribution in [0.2, 0.25) is 0 Å². The zero-order valence-corrected chi connectivity index (χ0v) is 20.8. The molecular formula is C30H33N5O. The minimum absolute atomic E-state index is 0.240. The van der Waals surface area contributed by atoms with Crippen LogP contribution in [-0.2, 0) is 0 Å². The predicted octanol–water partition coefficient (Wildman–Crippen LogP) is 4.90. The summed E-state index contributed by atoms with van der Waals surface area (Å²) in [7, 11) is 1.67. The Labute approximate surface area is 213 Å². The van der Waals surface area contributed by atoms with Gasteiger partial charge in [0.15, 0.2) is 0 Å². The summed E-state index contributed by atoms with van der Waals surface area (Å²) in [5, 5.41) is 3.57. The van der Waals surface area contributed by atoms with Gasteiger partial charge >= 0.3 is 0 Å². The molecule has 0 spiro atoms. The van der Waals surface area contributed by atoms with Crippen LogP contribution in [0.15, 0.2) is 97.6 Å². The Bertz CT molecular complexity index is 1280. The molecule has 1 aliphatic rings. The summed E-state index contributed by atoms with van der Waals surface area (Å²) in [6, 6.07) is 28.1. The number of imidazole rings is 1. The van der Waals surface area contributed by atoms with Gasteiger partial charge in [0, 0.05) is 37.1 Å². The number of nitrogens with two attached hydrogens (primary N) is 1. The van der Waals surface area contributed by atoms with Gasteiger partial charge in [-0.15, -0.1) is 0 Å². The third kappa shape index (κ3) is 5.14. The summed E-state index contributed by atoms with van der Waals surface area (Å²) >= 11 is 0. The van der Waals surface area contributed by atoms with Crippen LogP contribution in [0.5, 0.6) is 5.75 Å². The fraction of sp³-hybridized carbons (Fsp3) is 0.233. The van der Waals surface area contributed by atoms with Crippen molar-refractivity contribution >= 4 is 5.70 Å². The van der Waals surface area contributed by atoms with Crippen LogP contribution in [0.3, 0.4) is 0 Å². The lowest BCUT2D eigenvalue weighted by Crippen LogP contribution is -2.32. The molecule has 1 unspecified atom stereocenters. The maximum absolute atomic E-state index is 6.48. The number of aryl methyl sites for hydroxylation is 1. The SMILES string of the molecule is COc1cc(/C(N)=C/NC2CCN(C(c3ccccc3)c3ccccc3)C2)ccc1-n1cnc(C)c1. The van der Waals surface area contributed by atoms with E-state index in [2.05, 4.69) is 75.9 Å². The molecule has 0 amide bonds. The third-order valence-corrected chi connectivity index (χ3v) is 6.79. The quantitative estimate of drug-likeness (QED) is 0.376. The number of methoxy groups -OCH3 is 1. The van der Waals surface area contributed by atoms with Crippen molar-refractivity contribution in [1.29, 1.82) is 0 Å². The van der Waals surface area contributed by atoms with Gasteiger partial charge in [0.2, 0.25) is 0 Å². The van der Waals surface area contributed by atoms with Gasteiger partial charge in [-0.2, -0.15) is 0 Å². The summed E-state index contributed by atoms with van der Waals surface area (Å²) < 4.78 is 7.60. The summed E-state index contributed by atoms with van der Waals surface area (Å²) in [6.07, 6.45) is 6.76. The van der Waals surface area contributed by atoms with Gasteiger partial charge in [-0.05, 0) is 36.6 Å². The third-order valence-electron chi connectivity index (χ3n) is 6.79. The molecule has 0 radical (unpaired) electrons. The van der Waals surface area contributed by atoms with Crippen molar-refractivity contribution in [2.75, 3.05) is 20.2 Å². The molecule has 3 N–H and O–H groups in total. The number of aromatic nitrogens is 2. The van der Waals surface area contributed by atoms with Crippen molar-refractivity contribution < 1.29 is 4.74 Å². The van der Waals surface area contributed by atoms with Crippen LogP contribution in [0.25, 0.3) is 11.4 Å². The number of nitrogens with one attached hydrogen (secondary N) is 1. The Morgan fingerprint density at radius 1 is 1.06 bits per heavy atom. The van der Waals surface area contributed by atoms with E-state index in [0.717, 1.165) is 42.2 Å². The number of ether oxygens (including phenoxy) is 1. The van der Waals surface area contributed by atoms with Gasteiger partial charge in [0.25, 0.3) is 0 Å². The molecule has 6 nitrogen and oxygen atoms in total. The second kappa shape index (κ2) is 10.7. The molecule has 6 heteroatoms. The van der Waals surface area contributed by atoms with Gasteiger partial charge in [-0.3, -0.25) is 4.90 Å². The van der Waals surface area contributed by atoms with Gasteiger partial charge < -0.3 is 20.4 Å². The molecule has 1 atom stereocenters. The second-order valence-electron chi connectivity index (χ2n) is 9.28. The van der Waals surface area contributed by atoms with E-state index in [-0.39, 0.29) is 6.04 Å². The number of hydrogen-bond donors (Lipinski definition) is 2. The van der Waals surface area contributed by atoms with E-state index >= 15 is 0 Å². The molecule has 0 aliphatic carbocycles. The smallest absolute Gasteiger partial charge is 0.143 e. The highest BCUT2D eigenvalue weighted by molar-refractivity contribution is 5.66. The lowest BCUT2D eigenvalue weighted by molar-refractivity contribution is 0.275. The molecule has 1 aromatic heterocycles. The predicted molar refractivity (Wildman–Crippen MR) is 145 cm³/mol. The Balaban J connectivity index is 1.29. The molecule has 1 aliphatic heterocycles. The van der Waals surface area contributed by atoms with E-state index in [1.54, 1.807) is 13.4 Å². The normalized spacial score (nSPS) is 16.4. The van der Waals surface area contributed by atoms with E-state index in [1.165, 1.54) is 11.1 Å². The molecular weight excluding hydrogens is 446 g/mol. The average Bonchev–Trinajstić information content (AvgIpc) is 3.57. The molecule has 2 heterocycles. The van der Waals surface area contributed by atoms with E-state index in [0.29, 0.717) is 11.7 Å². The van der Waals surface area contributed by atoms with Crippen LogP contribution in [-0.4, -0.2) is 40.7 Å². The van der Waals surface area contributed by atoms with Crippen molar-refractivity contribution in [3.8, 4) is 11.4 Å². The van der Waals surface area contributed by atoms with E-state index in [4.69, 9.17) is 10.5 Å². The fourth-order valence-electron chi connectivity index (χ4n) is 4.96. The van der Waals surface area contributed by atoms with Crippen LogP contribution in [0.1, 0.15) is 34.8 Å². The number of rotatable bonds is 8. The summed E-state index contributed by atoms with van der Waals surface area (Å²) in [5.74, 6) is 0.752. The molecule has 5 rings (SSSR count). The van der Waals surface area contributed by atoms with Crippen LogP contribution < -0.4 is 15.8 Å². The lowest BCUT2D eigenvalue weighted by atomic mass is 9.97. The van der Waals surface area contributed by atoms with E-state index in [9.17, 15) is 0 Å². The first kappa shape index (κ1) is 23.7. The highest BCUT2D eigenvalue weighted by atomic mass is 16.5. The molecule has 3 aromatic carbocycles. The van der Waals surface area contributed by atoms with Crippen molar-refractivity contribution in [1.82, 2.24) is 19.8 Å². The van der Waals surface area contributed by atoms with Crippen LogP contribution in [0.4, 0.5) is 0 Å². The number of benzene rings is 3. The van der Waals surface area contributed by atoms with E-state index in [1.807, 2.05) is 42.1 Å². The van der Waals surface area contributed by atoms with E-state index < -0.39 is 0 Å². The minimum atomic E-state index is 0.240. The Hall–Kier alpha value is -4.03. The highest BCUT2D eigenvalue weighted by Gasteiger charge is 2.29. The average molecular weight is 480 g/mol. The first-order valence-electron chi connectivity index (χ1n) is 12.4. The fourth-order valence-corrected chi connectivity index (χ4v) is 4.96. The zero-order valence-electron chi connectivity index (χ0n) is 20.8. The molecule has 4 aromatic rings. The highest BCUT2D eigenvalue weighted by Crippen LogP contribution is 2.32. The molecule has 36 heavy (non-hydrogen) atoms. The van der Waals surface area contributed by atoms with Crippen LogP contribution in [0, 0.1) is 6.92 Å². The Morgan fingerprint density at radius 2 is 1.75 bits per heavy atom. The zero-order chi connectivity index (χ0) is 24.9. The molecule has 1 fully saturated rings. The molecule has 0 saturated carbocycles. The maximum atomic E-state index is 6.48. The monoisotopic (exact) mass is 479 g/mol. The van der Waals surface area contributed by atoms with Gasteiger partial charge in [0.05, 0.1) is 36.6 Å². The number of hydrogen-bond acceptors (Lipinski definition) is 5. The standard InChI is InChI=1S/C30H33N5O/c1-22-19-35(21-33-22)28-14-13-25(17-29(28)36-2)27(31)18-32-26-15-16-34(20-26)30(23-9-5-3-6-10-23)24-11-7-4-8-12-24/h3-14,17-19,21,26,30,32H,15-16,20,31H2,1-2H3/b27-18-. The van der Waals surface area contributed by atoms with Crippen molar-refractivity contribution in [2.45, 2.75) is 25.4 Å². The van der Waals surface area contributed by atoms with Gasteiger partial charge in [-0.1, -0.05) is 66.7 Å². The molecule has 1 saturated heterocycles. The minimum Gasteiger partial charge on any atom is -0.495 e. The second-order valence-corrected chi connectivity index (χ2v) is 9.28. The van der Waals surface area contributed by atoms with Crippen molar-refractivity contribution in [2.24, 2.45) is 5.73 Å². The summed E-state index contributed by atoms with van der Waals surface area (Å²) in [4.78, 5) is 6.87. The number of likely N-dealkylation sites (tertiary alicyclic amines) is 1. The molecule has 0 bridgehead atoms.